The molecular weight excluding hydrogens is 510 g/mol. The van der Waals surface area contributed by atoms with Gasteiger partial charge in [-0.3, -0.25) is 14.9 Å². The molecular formula is C24H17BrClN3O4. The maximum absolute atomic E-state index is 12.6. The fourth-order valence-corrected chi connectivity index (χ4v) is 3.82. The standard InChI is InChI=1S/C24H17BrClN3O4/c1-33-23-11-15(10-22(26)20(23)12-16-5-2-3-8-21(16)25)9-17(14-27)24(30)28-18-6-4-7-19(13-18)29(31)32/h2-11,13H,12H2,1H3,(H,28,30)/b17-9+. The molecule has 1 N–H and O–H groups in total. The first-order valence-corrected chi connectivity index (χ1v) is 10.8. The Hall–Kier alpha value is -3.67. The van der Waals surface area contributed by atoms with Crippen LogP contribution in [0.5, 0.6) is 5.75 Å². The number of nitrogens with one attached hydrogen (secondary N) is 1. The highest BCUT2D eigenvalue weighted by Gasteiger charge is 2.15. The van der Waals surface area contributed by atoms with Gasteiger partial charge in [0.05, 0.1) is 12.0 Å². The lowest BCUT2D eigenvalue weighted by atomic mass is 10.0. The van der Waals surface area contributed by atoms with E-state index in [-0.39, 0.29) is 16.9 Å². The summed E-state index contributed by atoms with van der Waals surface area (Å²) in [6, 6.07) is 18.4. The maximum atomic E-state index is 12.6. The number of nitrogens with zero attached hydrogens (tertiary/aromatic N) is 2. The number of carbonyl (C=O) groups is 1. The molecule has 9 heteroatoms. The van der Waals surface area contributed by atoms with Crippen molar-refractivity contribution in [1.29, 1.82) is 5.26 Å². The van der Waals surface area contributed by atoms with Crippen molar-refractivity contribution in [2.75, 3.05) is 12.4 Å². The number of non-ortho nitro benzene ring substituents is 1. The minimum absolute atomic E-state index is 0.174. The number of nitro groups is 1. The monoisotopic (exact) mass is 525 g/mol. The summed E-state index contributed by atoms with van der Waals surface area (Å²) in [5.74, 6) is -0.189. The molecule has 0 saturated carbocycles. The second-order valence-corrected chi connectivity index (χ2v) is 8.14. The van der Waals surface area contributed by atoms with Crippen molar-refractivity contribution in [2.45, 2.75) is 6.42 Å². The highest BCUT2D eigenvalue weighted by Crippen LogP contribution is 2.33. The number of nitro benzene ring substituents is 1. The molecule has 0 heterocycles. The van der Waals surface area contributed by atoms with E-state index in [0.29, 0.717) is 22.8 Å². The molecule has 0 bridgehead atoms. The fraction of sp³-hybridized carbons (Fsp3) is 0.0833. The van der Waals surface area contributed by atoms with Crippen molar-refractivity contribution in [1.82, 2.24) is 0 Å². The quantitative estimate of drug-likeness (QED) is 0.172. The molecule has 3 aromatic carbocycles. The van der Waals surface area contributed by atoms with E-state index in [4.69, 9.17) is 16.3 Å². The van der Waals surface area contributed by atoms with Gasteiger partial charge in [-0.25, -0.2) is 0 Å². The maximum Gasteiger partial charge on any atom is 0.271 e. The van der Waals surface area contributed by atoms with Gasteiger partial charge in [0.2, 0.25) is 0 Å². The van der Waals surface area contributed by atoms with Crippen LogP contribution >= 0.6 is 27.5 Å². The van der Waals surface area contributed by atoms with Gasteiger partial charge in [-0.2, -0.15) is 5.26 Å². The number of halogens is 2. The zero-order chi connectivity index (χ0) is 24.0. The van der Waals surface area contributed by atoms with Crippen molar-refractivity contribution >= 4 is 50.9 Å². The van der Waals surface area contributed by atoms with Gasteiger partial charge in [-0.1, -0.05) is 51.8 Å². The smallest absolute Gasteiger partial charge is 0.271 e. The van der Waals surface area contributed by atoms with Gasteiger partial charge in [0.1, 0.15) is 17.4 Å². The SMILES string of the molecule is COc1cc(/C=C(\C#N)C(=O)Nc2cccc([N+](=O)[O-])c2)cc(Cl)c1Cc1ccccc1Br. The summed E-state index contributed by atoms with van der Waals surface area (Å²) in [5.41, 5.74) is 2.12. The van der Waals surface area contributed by atoms with Crippen LogP contribution in [0, 0.1) is 21.4 Å². The van der Waals surface area contributed by atoms with Crippen LogP contribution in [0.15, 0.2) is 70.7 Å². The van der Waals surface area contributed by atoms with E-state index in [1.807, 2.05) is 30.3 Å². The molecule has 0 aromatic heterocycles. The molecule has 0 radical (unpaired) electrons. The molecule has 0 atom stereocenters. The second-order valence-electron chi connectivity index (χ2n) is 6.88. The van der Waals surface area contributed by atoms with Gasteiger partial charge >= 0.3 is 0 Å². The fourth-order valence-electron chi connectivity index (χ4n) is 3.11. The lowest BCUT2D eigenvalue weighted by Crippen LogP contribution is -2.13. The third kappa shape index (κ3) is 5.98. The van der Waals surface area contributed by atoms with Crippen LogP contribution in [0.4, 0.5) is 11.4 Å². The zero-order valence-corrected chi connectivity index (χ0v) is 19.7. The Morgan fingerprint density at radius 3 is 2.67 bits per heavy atom. The molecule has 0 spiro atoms. The summed E-state index contributed by atoms with van der Waals surface area (Å²) in [7, 11) is 1.52. The number of anilines is 1. The topological polar surface area (TPSA) is 105 Å². The largest absolute Gasteiger partial charge is 0.496 e. The summed E-state index contributed by atoms with van der Waals surface area (Å²) in [6.07, 6.45) is 1.90. The van der Waals surface area contributed by atoms with Crippen molar-refractivity contribution < 1.29 is 14.5 Å². The lowest BCUT2D eigenvalue weighted by Gasteiger charge is -2.13. The van der Waals surface area contributed by atoms with E-state index in [1.165, 1.54) is 37.5 Å². The molecule has 0 unspecified atom stereocenters. The third-order valence-electron chi connectivity index (χ3n) is 4.71. The molecule has 3 rings (SSSR count). The van der Waals surface area contributed by atoms with Gasteiger partial charge in [-0.05, 0) is 41.5 Å². The first-order chi connectivity index (χ1) is 15.8. The molecule has 7 nitrogen and oxygen atoms in total. The Labute approximate surface area is 203 Å². The predicted octanol–water partition coefficient (Wildman–Crippen LogP) is 6.16. The molecule has 0 aliphatic rings. The number of hydrogen-bond donors (Lipinski definition) is 1. The Balaban J connectivity index is 1.89. The van der Waals surface area contributed by atoms with Gasteiger partial charge in [0.15, 0.2) is 0 Å². The van der Waals surface area contributed by atoms with Gasteiger partial charge in [-0.15, -0.1) is 0 Å². The second kappa shape index (κ2) is 10.8. The molecule has 0 fully saturated rings. The minimum Gasteiger partial charge on any atom is -0.496 e. The number of amides is 1. The number of hydrogen-bond acceptors (Lipinski definition) is 5. The highest BCUT2D eigenvalue weighted by molar-refractivity contribution is 9.10. The minimum atomic E-state index is -0.703. The lowest BCUT2D eigenvalue weighted by molar-refractivity contribution is -0.384. The number of ether oxygens (including phenoxy) is 1. The normalized spacial score (nSPS) is 10.9. The summed E-state index contributed by atoms with van der Waals surface area (Å²) >= 11 is 10.1. The number of methoxy groups -OCH3 is 1. The van der Waals surface area contributed by atoms with Crippen molar-refractivity contribution in [3.8, 4) is 11.8 Å². The van der Waals surface area contributed by atoms with Crippen molar-refractivity contribution in [2.24, 2.45) is 0 Å². The Morgan fingerprint density at radius 2 is 2.00 bits per heavy atom. The Kier molecular flexibility index (Phi) is 7.83. The van der Waals surface area contributed by atoms with E-state index in [1.54, 1.807) is 12.1 Å². The van der Waals surface area contributed by atoms with E-state index < -0.39 is 10.8 Å². The van der Waals surface area contributed by atoms with Crippen LogP contribution in [-0.4, -0.2) is 17.9 Å². The van der Waals surface area contributed by atoms with Crippen LogP contribution in [0.25, 0.3) is 6.08 Å². The van der Waals surface area contributed by atoms with Gasteiger partial charge in [0, 0.05) is 39.3 Å². The summed E-state index contributed by atoms with van der Waals surface area (Å²) < 4.78 is 6.45. The van der Waals surface area contributed by atoms with Gasteiger partial charge in [0.25, 0.3) is 11.6 Å². The average Bonchev–Trinajstić information content (AvgIpc) is 2.80. The molecule has 0 aliphatic heterocycles. The molecule has 3 aromatic rings. The van der Waals surface area contributed by atoms with E-state index in [0.717, 1.165) is 15.6 Å². The van der Waals surface area contributed by atoms with Crippen LogP contribution in [0.3, 0.4) is 0 Å². The number of carbonyl (C=O) groups excluding carboxylic acids is 1. The molecule has 33 heavy (non-hydrogen) atoms. The van der Waals surface area contributed by atoms with E-state index >= 15 is 0 Å². The predicted molar refractivity (Wildman–Crippen MR) is 130 cm³/mol. The number of nitriles is 1. The first kappa shape index (κ1) is 24.0. The molecule has 0 aliphatic carbocycles. The number of benzene rings is 3. The zero-order valence-electron chi connectivity index (χ0n) is 17.3. The van der Waals surface area contributed by atoms with Crippen molar-refractivity contribution in [3.63, 3.8) is 0 Å². The van der Waals surface area contributed by atoms with Gasteiger partial charge < -0.3 is 10.1 Å². The van der Waals surface area contributed by atoms with E-state index in [2.05, 4.69) is 21.2 Å². The molecule has 0 saturated heterocycles. The summed E-state index contributed by atoms with van der Waals surface area (Å²) in [6.45, 7) is 0. The Bertz CT molecular complexity index is 1300. The molecule has 166 valence electrons. The number of rotatable bonds is 7. The van der Waals surface area contributed by atoms with Crippen molar-refractivity contribution in [3.05, 3.63) is 103 Å². The average molecular weight is 527 g/mol. The van der Waals surface area contributed by atoms with Crippen LogP contribution in [-0.2, 0) is 11.2 Å². The Morgan fingerprint density at radius 1 is 1.24 bits per heavy atom. The summed E-state index contributed by atoms with van der Waals surface area (Å²) in [4.78, 5) is 22.9. The third-order valence-corrected chi connectivity index (χ3v) is 5.82. The first-order valence-electron chi connectivity index (χ1n) is 9.59. The summed E-state index contributed by atoms with van der Waals surface area (Å²) in [5, 5.41) is 23.3. The van der Waals surface area contributed by atoms with E-state index in [9.17, 15) is 20.2 Å². The van der Waals surface area contributed by atoms with Crippen LogP contribution in [0.2, 0.25) is 5.02 Å². The molecule has 1 amide bonds. The van der Waals surface area contributed by atoms with Crippen LogP contribution < -0.4 is 10.1 Å². The van der Waals surface area contributed by atoms with Crippen LogP contribution in [0.1, 0.15) is 16.7 Å². The highest BCUT2D eigenvalue weighted by atomic mass is 79.9.